The third kappa shape index (κ3) is 3.53. The number of aryl methyl sites for hydroxylation is 2. The standard InChI is InChI=1S/C14H23BrClN3/c1-3-19-13(14(15)11(2)17-19)10-18-8-6-4-5-7-12(18)9-16/h12H,3-10H2,1-2H3. The molecule has 1 unspecified atom stereocenters. The topological polar surface area (TPSA) is 21.1 Å². The molecule has 0 radical (unpaired) electrons. The highest BCUT2D eigenvalue weighted by Crippen LogP contribution is 2.26. The second-order valence-corrected chi connectivity index (χ2v) is 6.39. The number of rotatable bonds is 4. The molecule has 1 fully saturated rings. The van der Waals surface area contributed by atoms with Crippen LogP contribution in [-0.2, 0) is 13.1 Å². The highest BCUT2D eigenvalue weighted by atomic mass is 79.9. The summed E-state index contributed by atoms with van der Waals surface area (Å²) in [6.07, 6.45) is 5.14. The summed E-state index contributed by atoms with van der Waals surface area (Å²) in [7, 11) is 0. The van der Waals surface area contributed by atoms with Crippen molar-refractivity contribution in [3.63, 3.8) is 0 Å². The predicted octanol–water partition coefficient (Wildman–Crippen LogP) is 3.96. The SMILES string of the molecule is CCn1nc(C)c(Br)c1CN1CCCCCC1CCl. The van der Waals surface area contributed by atoms with E-state index in [0.717, 1.165) is 35.7 Å². The summed E-state index contributed by atoms with van der Waals surface area (Å²) in [4.78, 5) is 2.54. The van der Waals surface area contributed by atoms with Crippen LogP contribution in [0.5, 0.6) is 0 Å². The molecule has 1 aromatic rings. The fourth-order valence-electron chi connectivity index (χ4n) is 2.83. The van der Waals surface area contributed by atoms with Gasteiger partial charge in [-0.1, -0.05) is 12.8 Å². The van der Waals surface area contributed by atoms with Crippen LogP contribution in [0.1, 0.15) is 44.0 Å². The van der Waals surface area contributed by atoms with E-state index in [1.54, 1.807) is 0 Å². The first-order valence-corrected chi connectivity index (χ1v) is 8.52. The van der Waals surface area contributed by atoms with Gasteiger partial charge in [0.25, 0.3) is 0 Å². The predicted molar refractivity (Wildman–Crippen MR) is 83.7 cm³/mol. The van der Waals surface area contributed by atoms with Gasteiger partial charge in [-0.05, 0) is 49.2 Å². The average Bonchev–Trinajstić information content (AvgIpc) is 2.60. The van der Waals surface area contributed by atoms with Gasteiger partial charge in [0.05, 0.1) is 15.9 Å². The minimum atomic E-state index is 0.511. The summed E-state index contributed by atoms with van der Waals surface area (Å²) in [5, 5.41) is 4.58. The van der Waals surface area contributed by atoms with Crippen LogP contribution in [0.4, 0.5) is 0 Å². The lowest BCUT2D eigenvalue weighted by molar-refractivity contribution is 0.201. The average molecular weight is 349 g/mol. The zero-order valence-electron chi connectivity index (χ0n) is 11.8. The summed E-state index contributed by atoms with van der Waals surface area (Å²) in [5.74, 6) is 0.733. The molecule has 3 nitrogen and oxygen atoms in total. The first-order chi connectivity index (χ1) is 9.17. The quantitative estimate of drug-likeness (QED) is 0.768. The summed E-state index contributed by atoms with van der Waals surface area (Å²) in [6.45, 7) is 7.22. The summed E-state index contributed by atoms with van der Waals surface area (Å²) in [5.41, 5.74) is 2.37. The Morgan fingerprint density at radius 3 is 2.84 bits per heavy atom. The zero-order valence-corrected chi connectivity index (χ0v) is 14.2. The van der Waals surface area contributed by atoms with Gasteiger partial charge in [-0.15, -0.1) is 11.6 Å². The van der Waals surface area contributed by atoms with Gasteiger partial charge in [-0.2, -0.15) is 5.10 Å². The normalized spacial score (nSPS) is 21.6. The molecule has 0 saturated carbocycles. The van der Waals surface area contributed by atoms with Crippen molar-refractivity contribution in [2.75, 3.05) is 12.4 Å². The molecule has 0 spiro atoms. The van der Waals surface area contributed by atoms with Gasteiger partial charge in [0.15, 0.2) is 0 Å². The molecule has 2 heterocycles. The van der Waals surface area contributed by atoms with E-state index in [0.29, 0.717) is 6.04 Å². The zero-order chi connectivity index (χ0) is 13.8. The Hall–Kier alpha value is -0.0600. The lowest BCUT2D eigenvalue weighted by Gasteiger charge is -2.28. The molecule has 108 valence electrons. The van der Waals surface area contributed by atoms with Crippen LogP contribution in [-0.4, -0.2) is 33.1 Å². The number of nitrogens with zero attached hydrogens (tertiary/aromatic N) is 3. The van der Waals surface area contributed by atoms with Gasteiger partial charge < -0.3 is 0 Å². The molecular formula is C14H23BrClN3. The Morgan fingerprint density at radius 2 is 2.16 bits per heavy atom. The van der Waals surface area contributed by atoms with Gasteiger partial charge in [0.1, 0.15) is 0 Å². The van der Waals surface area contributed by atoms with Crippen molar-refractivity contribution in [3.05, 3.63) is 15.9 Å². The maximum Gasteiger partial charge on any atom is 0.0739 e. The Labute approximate surface area is 129 Å². The number of halogens is 2. The smallest absolute Gasteiger partial charge is 0.0739 e. The van der Waals surface area contributed by atoms with E-state index >= 15 is 0 Å². The number of hydrogen-bond donors (Lipinski definition) is 0. The molecule has 1 atom stereocenters. The van der Waals surface area contributed by atoms with Crippen LogP contribution in [0.25, 0.3) is 0 Å². The van der Waals surface area contributed by atoms with Crippen molar-refractivity contribution in [1.29, 1.82) is 0 Å². The van der Waals surface area contributed by atoms with Crippen LogP contribution in [0.3, 0.4) is 0 Å². The highest BCUT2D eigenvalue weighted by molar-refractivity contribution is 9.10. The van der Waals surface area contributed by atoms with Crippen LogP contribution in [0.2, 0.25) is 0 Å². The van der Waals surface area contributed by atoms with Crippen molar-refractivity contribution in [2.24, 2.45) is 0 Å². The van der Waals surface area contributed by atoms with Crippen molar-refractivity contribution < 1.29 is 0 Å². The lowest BCUT2D eigenvalue weighted by Crippen LogP contribution is -2.36. The van der Waals surface area contributed by atoms with Crippen molar-refractivity contribution in [2.45, 2.75) is 58.7 Å². The van der Waals surface area contributed by atoms with E-state index in [1.807, 2.05) is 0 Å². The third-order valence-electron chi connectivity index (χ3n) is 3.98. The number of aromatic nitrogens is 2. The molecule has 0 aliphatic carbocycles. The van der Waals surface area contributed by atoms with E-state index in [-0.39, 0.29) is 0 Å². The minimum absolute atomic E-state index is 0.511. The fraction of sp³-hybridized carbons (Fsp3) is 0.786. The lowest BCUT2D eigenvalue weighted by atomic mass is 10.1. The second-order valence-electron chi connectivity index (χ2n) is 5.29. The van der Waals surface area contributed by atoms with E-state index < -0.39 is 0 Å². The molecule has 1 aromatic heterocycles. The van der Waals surface area contributed by atoms with E-state index in [1.165, 1.54) is 31.4 Å². The first-order valence-electron chi connectivity index (χ1n) is 7.19. The van der Waals surface area contributed by atoms with Gasteiger partial charge in [0, 0.05) is 25.0 Å². The van der Waals surface area contributed by atoms with Crippen molar-refractivity contribution in [3.8, 4) is 0 Å². The van der Waals surface area contributed by atoms with Gasteiger partial charge >= 0.3 is 0 Å². The van der Waals surface area contributed by atoms with Crippen LogP contribution >= 0.6 is 27.5 Å². The van der Waals surface area contributed by atoms with Crippen LogP contribution < -0.4 is 0 Å². The summed E-state index contributed by atoms with van der Waals surface area (Å²) >= 11 is 9.84. The molecule has 5 heteroatoms. The Bertz CT molecular complexity index is 419. The van der Waals surface area contributed by atoms with Gasteiger partial charge in [-0.3, -0.25) is 9.58 Å². The number of alkyl halides is 1. The molecule has 0 N–H and O–H groups in total. The fourth-order valence-corrected chi connectivity index (χ4v) is 3.59. The van der Waals surface area contributed by atoms with E-state index in [4.69, 9.17) is 11.6 Å². The number of hydrogen-bond acceptors (Lipinski definition) is 2. The van der Waals surface area contributed by atoms with Crippen molar-refractivity contribution >= 4 is 27.5 Å². The molecule has 1 saturated heterocycles. The molecule has 0 bridgehead atoms. The summed E-state index contributed by atoms with van der Waals surface area (Å²) < 4.78 is 3.27. The molecule has 1 aliphatic heterocycles. The Balaban J connectivity index is 2.18. The largest absolute Gasteiger partial charge is 0.293 e. The van der Waals surface area contributed by atoms with Gasteiger partial charge in [-0.25, -0.2) is 0 Å². The molecule has 2 rings (SSSR count). The number of likely N-dealkylation sites (tertiary alicyclic amines) is 1. The first kappa shape index (κ1) is 15.3. The Kier molecular flexibility index (Phi) is 5.72. The minimum Gasteiger partial charge on any atom is -0.293 e. The molecule has 0 amide bonds. The third-order valence-corrected chi connectivity index (χ3v) is 5.37. The van der Waals surface area contributed by atoms with E-state index in [2.05, 4.69) is 44.5 Å². The molecule has 1 aliphatic rings. The summed E-state index contributed by atoms with van der Waals surface area (Å²) in [6, 6.07) is 0.511. The second kappa shape index (κ2) is 7.09. The monoisotopic (exact) mass is 347 g/mol. The van der Waals surface area contributed by atoms with Gasteiger partial charge in [0.2, 0.25) is 0 Å². The van der Waals surface area contributed by atoms with E-state index in [9.17, 15) is 0 Å². The Morgan fingerprint density at radius 1 is 1.37 bits per heavy atom. The molecular weight excluding hydrogens is 326 g/mol. The maximum atomic E-state index is 6.16. The molecule has 19 heavy (non-hydrogen) atoms. The van der Waals surface area contributed by atoms with Crippen LogP contribution in [0, 0.1) is 6.92 Å². The highest BCUT2D eigenvalue weighted by Gasteiger charge is 2.23. The van der Waals surface area contributed by atoms with Crippen molar-refractivity contribution in [1.82, 2.24) is 14.7 Å². The van der Waals surface area contributed by atoms with Crippen LogP contribution in [0.15, 0.2) is 4.47 Å². The molecule has 0 aromatic carbocycles. The maximum absolute atomic E-state index is 6.16.